The number of halogens is 3. The number of alkyl halides is 3. The van der Waals surface area contributed by atoms with E-state index in [2.05, 4.69) is 0 Å². The molecule has 2 aromatic rings. The fourth-order valence-corrected chi connectivity index (χ4v) is 3.84. The van der Waals surface area contributed by atoms with Crippen LogP contribution in [-0.2, 0) is 46.4 Å². The van der Waals surface area contributed by atoms with E-state index in [0.717, 1.165) is 11.1 Å². The summed E-state index contributed by atoms with van der Waals surface area (Å²) >= 11 is 17.5. The number of rotatable bonds is 10. The Morgan fingerprint density at radius 2 is 1.50 bits per heavy atom. The summed E-state index contributed by atoms with van der Waals surface area (Å²) in [5.41, 5.74) is 1.83. The van der Waals surface area contributed by atoms with Crippen molar-refractivity contribution in [3.8, 4) is 0 Å². The van der Waals surface area contributed by atoms with Crippen molar-refractivity contribution in [3.63, 3.8) is 0 Å². The molecule has 1 saturated heterocycles. The summed E-state index contributed by atoms with van der Waals surface area (Å²) in [7, 11) is 1.45. The average molecular weight is 561 g/mol. The Labute approximate surface area is 225 Å². The molecule has 0 amide bonds. The van der Waals surface area contributed by atoms with Gasteiger partial charge in [0.05, 0.1) is 19.8 Å². The lowest BCUT2D eigenvalue weighted by atomic mass is 9.98. The molecule has 0 spiro atoms. The van der Waals surface area contributed by atoms with Crippen LogP contribution in [0.15, 0.2) is 60.7 Å². The van der Waals surface area contributed by atoms with Crippen molar-refractivity contribution in [3.05, 3.63) is 71.8 Å². The number of methoxy groups -OCH3 is 1. The van der Waals surface area contributed by atoms with E-state index in [1.54, 1.807) is 0 Å². The Morgan fingerprint density at radius 1 is 0.917 bits per heavy atom. The van der Waals surface area contributed by atoms with E-state index in [9.17, 15) is 4.79 Å². The van der Waals surface area contributed by atoms with Crippen LogP contribution in [0.3, 0.4) is 0 Å². The van der Waals surface area contributed by atoms with Gasteiger partial charge in [-0.1, -0.05) is 95.5 Å². The number of benzene rings is 2. The Hall–Kier alpha value is -1.91. The monoisotopic (exact) mass is 559 g/mol. The van der Waals surface area contributed by atoms with Gasteiger partial charge in [-0.05, 0) is 11.1 Å². The molecule has 3 rings (SSSR count). The highest BCUT2D eigenvalue weighted by molar-refractivity contribution is 6.76. The topological polar surface area (TPSA) is 96.3 Å². The molecule has 1 N–H and O–H groups in total. The molecule has 0 aromatic heterocycles. The maximum absolute atomic E-state index is 12.0. The van der Waals surface area contributed by atoms with Crippen LogP contribution in [0.4, 0.5) is 0 Å². The van der Waals surface area contributed by atoms with Crippen LogP contribution in [0.25, 0.3) is 0 Å². The average Bonchev–Trinajstić information content (AvgIpc) is 2.84. The van der Waals surface area contributed by atoms with Gasteiger partial charge in [0.25, 0.3) is 3.79 Å². The van der Waals surface area contributed by atoms with Gasteiger partial charge in [0, 0.05) is 14.0 Å². The summed E-state index contributed by atoms with van der Waals surface area (Å²) in [6.45, 7) is 1.78. The quantitative estimate of drug-likeness (QED) is 0.193. The molecule has 0 radical (unpaired) electrons. The normalized spacial score (nSPS) is 24.2. The zero-order valence-electron chi connectivity index (χ0n) is 19.8. The Morgan fingerprint density at radius 3 is 2.03 bits per heavy atom. The minimum Gasteiger partial charge on any atom is -0.457 e. The zero-order valence-corrected chi connectivity index (χ0v) is 22.0. The van der Waals surface area contributed by atoms with Crippen molar-refractivity contribution < 1.29 is 33.2 Å². The third-order valence-electron chi connectivity index (χ3n) is 5.34. The fraction of sp³-hybridized carbons (Fsp3) is 0.440. The molecule has 11 heteroatoms. The number of carbonyl (C=O) groups excluding carboxylic acids is 1. The fourth-order valence-electron chi connectivity index (χ4n) is 3.70. The van der Waals surface area contributed by atoms with Crippen LogP contribution >= 0.6 is 34.8 Å². The molecule has 1 aliphatic heterocycles. The molecular weight excluding hydrogens is 533 g/mol. The van der Waals surface area contributed by atoms with E-state index >= 15 is 0 Å². The smallest absolute Gasteiger partial charge is 0.303 e. The molecule has 1 fully saturated rings. The number of esters is 1. The summed E-state index contributed by atoms with van der Waals surface area (Å²) in [4.78, 5) is 12.0. The first-order chi connectivity index (χ1) is 17.2. The summed E-state index contributed by atoms with van der Waals surface area (Å²) in [6.07, 6.45) is -4.74. The molecule has 1 aliphatic rings. The van der Waals surface area contributed by atoms with Crippen LogP contribution in [0.5, 0.6) is 0 Å². The second-order valence-corrected chi connectivity index (χ2v) is 10.3. The first-order valence-electron chi connectivity index (χ1n) is 11.1. The van der Waals surface area contributed by atoms with E-state index in [-0.39, 0.29) is 13.2 Å². The predicted octanol–water partition coefficient (Wildman–Crippen LogP) is 4.82. The minimum atomic E-state index is -2.12. The predicted molar refractivity (Wildman–Crippen MR) is 135 cm³/mol. The maximum atomic E-state index is 12.0. The largest absolute Gasteiger partial charge is 0.457 e. The molecule has 1 unspecified atom stereocenters. The summed E-state index contributed by atoms with van der Waals surface area (Å²) in [5, 5.41) is 8.05. The molecule has 2 aromatic carbocycles. The summed E-state index contributed by atoms with van der Waals surface area (Å²) < 4.78 is 32.8. The lowest BCUT2D eigenvalue weighted by Crippen LogP contribution is -2.62. The van der Waals surface area contributed by atoms with Gasteiger partial charge in [0.2, 0.25) is 12.2 Å². The van der Waals surface area contributed by atoms with E-state index in [1.165, 1.54) is 14.0 Å². The van der Waals surface area contributed by atoms with Crippen LogP contribution in [0.2, 0.25) is 0 Å². The Bertz CT molecular complexity index is 975. The maximum Gasteiger partial charge on any atom is 0.303 e. The van der Waals surface area contributed by atoms with Crippen LogP contribution in [0.1, 0.15) is 18.1 Å². The molecule has 196 valence electrons. The number of hydrogen-bond acceptors (Lipinski definition) is 8. The molecule has 0 bridgehead atoms. The van der Waals surface area contributed by atoms with Crippen molar-refractivity contribution in [1.82, 2.24) is 0 Å². The molecule has 0 saturated carbocycles. The van der Waals surface area contributed by atoms with Gasteiger partial charge >= 0.3 is 5.97 Å². The number of nitrogens with one attached hydrogen (secondary N) is 1. The number of carbonyl (C=O) groups is 1. The molecule has 5 atom stereocenters. The molecule has 8 nitrogen and oxygen atoms in total. The highest BCUT2D eigenvalue weighted by Crippen LogP contribution is 2.33. The van der Waals surface area contributed by atoms with E-state index < -0.39 is 46.4 Å². The van der Waals surface area contributed by atoms with Crippen molar-refractivity contribution >= 4 is 46.7 Å². The van der Waals surface area contributed by atoms with E-state index in [1.807, 2.05) is 60.7 Å². The van der Waals surface area contributed by atoms with E-state index in [0.29, 0.717) is 6.61 Å². The summed E-state index contributed by atoms with van der Waals surface area (Å²) in [5.74, 6) is -1.19. The van der Waals surface area contributed by atoms with Crippen molar-refractivity contribution in [2.75, 3.05) is 13.7 Å². The van der Waals surface area contributed by atoms with Crippen LogP contribution in [0, 0.1) is 5.41 Å². The summed E-state index contributed by atoms with van der Waals surface area (Å²) in [6, 6.07) is 19.0. The van der Waals surface area contributed by atoms with Crippen LogP contribution in [-0.4, -0.2) is 60.1 Å². The SMILES string of the molecule is CO[C@H]1[C@H](OC(C)=O)[C@@H](COCc2ccccc2)OC(OC(=N)C(Cl)(Cl)Cl)[C@@H]1OCc1ccccc1. The molecule has 0 aliphatic carbocycles. The highest BCUT2D eigenvalue weighted by Gasteiger charge is 2.51. The molecule has 36 heavy (non-hydrogen) atoms. The van der Waals surface area contributed by atoms with Crippen molar-refractivity contribution in [1.29, 1.82) is 5.41 Å². The molecule has 1 heterocycles. The van der Waals surface area contributed by atoms with Crippen LogP contribution < -0.4 is 0 Å². The van der Waals surface area contributed by atoms with Gasteiger partial charge in [-0.3, -0.25) is 10.2 Å². The van der Waals surface area contributed by atoms with Crippen molar-refractivity contribution in [2.24, 2.45) is 0 Å². The number of hydrogen-bond donors (Lipinski definition) is 1. The minimum absolute atomic E-state index is 0.0269. The zero-order chi connectivity index (χ0) is 26.1. The van der Waals surface area contributed by atoms with Gasteiger partial charge in [-0.25, -0.2) is 0 Å². The van der Waals surface area contributed by atoms with Gasteiger partial charge in [0.1, 0.15) is 18.3 Å². The lowest BCUT2D eigenvalue weighted by Gasteiger charge is -2.44. The third kappa shape index (κ3) is 8.31. The van der Waals surface area contributed by atoms with E-state index in [4.69, 9.17) is 68.6 Å². The molecular formula is C25H28Cl3NO7. The Kier molecular flexibility index (Phi) is 10.8. The standard InChI is InChI=1S/C25H28Cl3NO7/c1-16(30)34-20-19(15-32-13-17-9-5-3-6-10-17)35-23(36-24(29)25(26,27)28)22(21(20)31-2)33-14-18-11-7-4-8-12-18/h3-12,19-23,29H,13-15H2,1-2H3/t19-,20-,21+,22-,23?/m1/s1. The highest BCUT2D eigenvalue weighted by atomic mass is 35.6. The third-order valence-corrected chi connectivity index (χ3v) is 5.85. The number of ether oxygens (including phenoxy) is 6. The first kappa shape index (κ1) is 28.7. The van der Waals surface area contributed by atoms with Gasteiger partial charge in [-0.15, -0.1) is 0 Å². The lowest BCUT2D eigenvalue weighted by molar-refractivity contribution is -0.302. The first-order valence-corrected chi connectivity index (χ1v) is 12.3. The Balaban J connectivity index is 1.83. The van der Waals surface area contributed by atoms with Gasteiger partial charge in [-0.2, -0.15) is 0 Å². The van der Waals surface area contributed by atoms with Crippen molar-refractivity contribution in [2.45, 2.75) is 54.6 Å². The second-order valence-electron chi connectivity index (χ2n) is 8.02. The second kappa shape index (κ2) is 13.6. The van der Waals surface area contributed by atoms with Gasteiger partial charge in [0.15, 0.2) is 6.10 Å². The van der Waals surface area contributed by atoms with Gasteiger partial charge < -0.3 is 28.4 Å².